The van der Waals surface area contributed by atoms with Crippen LogP contribution in [-0.2, 0) is 17.9 Å². The number of nitrogens with one attached hydrogen (secondary N) is 2. The van der Waals surface area contributed by atoms with Crippen molar-refractivity contribution in [2.75, 3.05) is 36.5 Å². The predicted molar refractivity (Wildman–Crippen MR) is 158 cm³/mol. The average Bonchev–Trinajstić information content (AvgIpc) is 3.34. The van der Waals surface area contributed by atoms with Crippen LogP contribution in [0, 0.1) is 25.7 Å². The molecule has 3 heterocycles. The number of aryl methyl sites for hydroxylation is 2. The monoisotopic (exact) mass is 544 g/mol. The second kappa shape index (κ2) is 13.4. The molecule has 1 aliphatic rings. The van der Waals surface area contributed by atoms with Crippen LogP contribution in [0.25, 0.3) is 10.9 Å². The molecule has 4 rings (SSSR count). The van der Waals surface area contributed by atoms with E-state index in [4.69, 9.17) is 4.98 Å². The van der Waals surface area contributed by atoms with Crippen molar-refractivity contribution >= 4 is 35.0 Å². The summed E-state index contributed by atoms with van der Waals surface area (Å²) in [5, 5.41) is 7.62. The zero-order valence-corrected chi connectivity index (χ0v) is 24.3. The van der Waals surface area contributed by atoms with Crippen LogP contribution in [0.15, 0.2) is 18.2 Å². The van der Waals surface area contributed by atoms with Gasteiger partial charge in [0.2, 0.25) is 12.4 Å². The molecule has 212 valence electrons. The van der Waals surface area contributed by atoms with E-state index < -0.39 is 0 Å². The number of carbonyl (C=O) groups excluding carboxylic acids is 2. The number of anilines is 2. The molecule has 1 atom stereocenters. The van der Waals surface area contributed by atoms with E-state index in [1.165, 1.54) is 4.90 Å². The van der Waals surface area contributed by atoms with Crippen molar-refractivity contribution in [2.45, 2.75) is 72.5 Å². The Bertz CT molecular complexity index is 1420. The molecule has 0 unspecified atom stereocenters. The van der Waals surface area contributed by atoms with Crippen molar-refractivity contribution in [3.63, 3.8) is 0 Å². The number of fused-ring (bicyclic) bond motifs is 1. The number of unbranched alkanes of at least 4 members (excludes halogenated alkanes) is 1. The average molecular weight is 545 g/mol. The van der Waals surface area contributed by atoms with Crippen molar-refractivity contribution in [2.24, 2.45) is 0 Å². The second-order valence-electron chi connectivity index (χ2n) is 10.3. The highest BCUT2D eigenvalue weighted by molar-refractivity contribution is 6.00. The van der Waals surface area contributed by atoms with Crippen LogP contribution in [0.3, 0.4) is 0 Å². The number of rotatable bonds is 11. The van der Waals surface area contributed by atoms with Gasteiger partial charge >= 0.3 is 0 Å². The Kier molecular flexibility index (Phi) is 9.72. The Hall–Kier alpha value is -3.97. The minimum atomic E-state index is -0.361. The van der Waals surface area contributed by atoms with Gasteiger partial charge in [-0.25, -0.2) is 9.97 Å². The summed E-state index contributed by atoms with van der Waals surface area (Å²) in [5.41, 5.74) is 3.13. The Morgan fingerprint density at radius 2 is 2.08 bits per heavy atom. The number of imidazole rings is 1. The van der Waals surface area contributed by atoms with Crippen molar-refractivity contribution in [1.82, 2.24) is 30.2 Å². The summed E-state index contributed by atoms with van der Waals surface area (Å²) in [6.45, 7) is 10.9. The quantitative estimate of drug-likeness (QED) is 0.217. The molecule has 1 aromatic carbocycles. The zero-order valence-electron chi connectivity index (χ0n) is 24.3. The number of nitrogens with zero attached hydrogens (tertiary/aromatic N) is 6. The van der Waals surface area contributed by atoms with E-state index in [1.54, 1.807) is 14.0 Å². The summed E-state index contributed by atoms with van der Waals surface area (Å²) in [4.78, 5) is 43.2. The van der Waals surface area contributed by atoms with Crippen LogP contribution in [0.5, 0.6) is 0 Å². The van der Waals surface area contributed by atoms with Crippen LogP contribution in [0.4, 0.5) is 11.8 Å². The topological polar surface area (TPSA) is 108 Å². The fourth-order valence-electron chi connectivity index (χ4n) is 5.08. The van der Waals surface area contributed by atoms with Gasteiger partial charge in [0.15, 0.2) is 11.5 Å². The molecule has 1 aliphatic heterocycles. The molecule has 2 aromatic heterocycles. The van der Waals surface area contributed by atoms with Gasteiger partial charge in [0, 0.05) is 37.3 Å². The Balaban J connectivity index is 1.64. The number of carbonyl (C=O) groups is 2. The van der Waals surface area contributed by atoms with Gasteiger partial charge in [-0.3, -0.25) is 14.2 Å². The van der Waals surface area contributed by atoms with Crippen LogP contribution < -0.4 is 20.4 Å². The number of aromatic nitrogens is 4. The lowest BCUT2D eigenvalue weighted by atomic mass is 10.1. The third-order valence-corrected chi connectivity index (χ3v) is 7.21. The number of hydrogen-bond donors (Lipinski definition) is 2. The van der Waals surface area contributed by atoms with Crippen molar-refractivity contribution in [3.8, 4) is 11.8 Å². The van der Waals surface area contributed by atoms with Crippen molar-refractivity contribution < 1.29 is 9.59 Å². The lowest BCUT2D eigenvalue weighted by molar-refractivity contribution is -0.107. The first-order valence-electron chi connectivity index (χ1n) is 14.0. The zero-order chi connectivity index (χ0) is 28.6. The molecular weight excluding hydrogens is 504 g/mol. The van der Waals surface area contributed by atoms with E-state index in [2.05, 4.69) is 50.3 Å². The molecule has 2 amide bonds. The third kappa shape index (κ3) is 6.59. The summed E-state index contributed by atoms with van der Waals surface area (Å²) in [6, 6.07) is 6.38. The van der Waals surface area contributed by atoms with Gasteiger partial charge in [-0.2, -0.15) is 4.98 Å². The Morgan fingerprint density at radius 3 is 2.83 bits per heavy atom. The van der Waals surface area contributed by atoms with Gasteiger partial charge in [-0.05, 0) is 58.7 Å². The number of piperidine rings is 1. The first kappa shape index (κ1) is 29.0. The van der Waals surface area contributed by atoms with Crippen LogP contribution >= 0.6 is 0 Å². The second-order valence-corrected chi connectivity index (χ2v) is 10.3. The van der Waals surface area contributed by atoms with E-state index in [9.17, 15) is 9.59 Å². The molecule has 1 fully saturated rings. The fraction of sp³-hybridized carbons (Fsp3) is 0.500. The van der Waals surface area contributed by atoms with E-state index >= 15 is 0 Å². The molecule has 0 radical (unpaired) electrons. The molecular formula is C30H40N8O2. The van der Waals surface area contributed by atoms with Gasteiger partial charge in [0.25, 0.3) is 5.91 Å². The first-order chi connectivity index (χ1) is 19.4. The maximum Gasteiger partial charge on any atom is 0.272 e. The normalized spacial score (nSPS) is 15.0. The smallest absolute Gasteiger partial charge is 0.272 e. The predicted octanol–water partition coefficient (Wildman–Crippen LogP) is 3.35. The van der Waals surface area contributed by atoms with Gasteiger partial charge in [-0.1, -0.05) is 30.9 Å². The van der Waals surface area contributed by atoms with Gasteiger partial charge in [-0.15, -0.1) is 5.92 Å². The van der Waals surface area contributed by atoms with Crippen molar-refractivity contribution in [1.29, 1.82) is 0 Å². The van der Waals surface area contributed by atoms with E-state index in [-0.39, 0.29) is 19.0 Å². The lowest BCUT2D eigenvalue weighted by Crippen LogP contribution is -2.47. The van der Waals surface area contributed by atoms with E-state index in [1.807, 2.05) is 30.5 Å². The number of hydrogen-bond acceptors (Lipinski definition) is 7. The summed E-state index contributed by atoms with van der Waals surface area (Å²) in [5.74, 6) is 7.12. The lowest BCUT2D eigenvalue weighted by Gasteiger charge is -2.34. The molecule has 3 aromatic rings. The summed E-state index contributed by atoms with van der Waals surface area (Å²) in [7, 11) is 1.61. The third-order valence-electron chi connectivity index (χ3n) is 7.21. The maximum absolute atomic E-state index is 13.7. The summed E-state index contributed by atoms with van der Waals surface area (Å²) < 4.78 is 1.82. The van der Waals surface area contributed by atoms with Gasteiger partial charge in [0.05, 0.1) is 18.6 Å². The molecule has 10 nitrogen and oxygen atoms in total. The molecule has 10 heteroatoms. The molecule has 0 saturated carbocycles. The van der Waals surface area contributed by atoms with Crippen LogP contribution in [0.2, 0.25) is 0 Å². The Morgan fingerprint density at radius 1 is 1.25 bits per heavy atom. The Labute approximate surface area is 236 Å². The summed E-state index contributed by atoms with van der Waals surface area (Å²) >= 11 is 0. The number of amides is 2. The molecule has 40 heavy (non-hydrogen) atoms. The number of benzene rings is 1. The highest BCUT2D eigenvalue weighted by atomic mass is 16.2. The highest BCUT2D eigenvalue weighted by Gasteiger charge is 2.30. The summed E-state index contributed by atoms with van der Waals surface area (Å²) in [6.07, 6.45) is 5.05. The molecule has 0 bridgehead atoms. The minimum Gasteiger partial charge on any atom is -0.343 e. The van der Waals surface area contributed by atoms with Crippen molar-refractivity contribution in [3.05, 3.63) is 41.0 Å². The van der Waals surface area contributed by atoms with E-state index in [0.29, 0.717) is 35.7 Å². The maximum atomic E-state index is 13.7. The first-order valence-corrected chi connectivity index (χ1v) is 14.0. The van der Waals surface area contributed by atoms with Crippen LogP contribution in [0.1, 0.15) is 67.1 Å². The molecule has 2 N–H and O–H groups in total. The highest BCUT2D eigenvalue weighted by Crippen LogP contribution is 2.28. The molecule has 1 saturated heterocycles. The fourth-order valence-corrected chi connectivity index (χ4v) is 5.08. The standard InChI is InChI=1S/C30H40N8O2/c1-6-8-14-31-23-11-10-15-37(19-23)30-35-28(36(5)20-39)27(38(30)16-9-7-2)29(40)32-18-26-33-22(4)24-17-21(3)12-13-25(24)34-26/h12-13,17,20,23,31H,6,8,10-11,14-16,18-19H2,1-5H3,(H,32,40)/t23-/m1/s1. The van der Waals surface area contributed by atoms with Crippen LogP contribution in [-0.4, -0.2) is 64.6 Å². The minimum absolute atomic E-state index is 0.140. The molecule has 0 aliphatic carbocycles. The van der Waals surface area contributed by atoms with E-state index in [0.717, 1.165) is 67.5 Å². The van der Waals surface area contributed by atoms with Gasteiger partial charge in [0.1, 0.15) is 5.82 Å². The van der Waals surface area contributed by atoms with Gasteiger partial charge < -0.3 is 20.4 Å². The molecule has 0 spiro atoms. The SMILES string of the molecule is CC#CCn1c(N2CCC[C@@H](NCCCC)C2)nc(N(C)C=O)c1C(=O)NCc1nc(C)c2cc(C)ccc2n1. The largest absolute Gasteiger partial charge is 0.343 e.